The van der Waals surface area contributed by atoms with Gasteiger partial charge >= 0.3 is 11.7 Å². The first-order valence-corrected chi connectivity index (χ1v) is 5.87. The van der Waals surface area contributed by atoms with Crippen molar-refractivity contribution in [3.05, 3.63) is 33.8 Å². The van der Waals surface area contributed by atoms with Crippen LogP contribution in [-0.4, -0.2) is 19.3 Å². The minimum absolute atomic E-state index is 0.0988. The zero-order valence-electron chi connectivity index (χ0n) is 8.32. The van der Waals surface area contributed by atoms with Gasteiger partial charge in [0.1, 0.15) is 5.02 Å². The lowest BCUT2D eigenvalue weighted by Gasteiger charge is -2.08. The number of hydrogen-bond acceptors (Lipinski definition) is 4. The lowest BCUT2D eigenvalue weighted by molar-refractivity contribution is -0.615. The molecule has 0 fully saturated rings. The normalized spacial score (nSPS) is 10.1. The van der Waals surface area contributed by atoms with E-state index in [2.05, 4.69) is 4.74 Å². The van der Waals surface area contributed by atoms with Gasteiger partial charge in [-0.1, -0.05) is 11.6 Å². The van der Waals surface area contributed by atoms with Gasteiger partial charge < -0.3 is 9.94 Å². The number of thioether (sulfide) groups is 1. The quantitative estimate of drug-likeness (QED) is 0.463. The van der Waals surface area contributed by atoms with Crippen molar-refractivity contribution in [2.45, 2.75) is 5.75 Å². The third-order valence-corrected chi connectivity index (χ3v) is 2.67. The van der Waals surface area contributed by atoms with E-state index >= 15 is 0 Å². The van der Waals surface area contributed by atoms with E-state index in [1.54, 1.807) is 6.07 Å². The summed E-state index contributed by atoms with van der Waals surface area (Å²) in [4.78, 5) is 11.3. The number of hydrogen-bond donors (Lipinski definition) is 0. The van der Waals surface area contributed by atoms with Crippen molar-refractivity contribution in [1.82, 2.24) is 0 Å². The van der Waals surface area contributed by atoms with Crippen molar-refractivity contribution in [1.29, 1.82) is 0 Å². The topological polar surface area (TPSA) is 53.2 Å². The molecule has 0 radical (unpaired) electrons. The van der Waals surface area contributed by atoms with E-state index in [0.29, 0.717) is 16.2 Å². The van der Waals surface area contributed by atoms with Crippen LogP contribution in [0.2, 0.25) is 5.02 Å². The van der Waals surface area contributed by atoms with Crippen molar-refractivity contribution in [3.8, 4) is 0 Å². The van der Waals surface area contributed by atoms with Gasteiger partial charge in [-0.25, -0.2) is 4.79 Å². The standard InChI is InChI=1S/C9H10ClNO3S/c1-14-9(12)8-7(10)4-3-6(5-15-2)11(8)13/h3-4H,5H2,1-2H3. The van der Waals surface area contributed by atoms with Crippen LogP contribution in [0.1, 0.15) is 16.2 Å². The molecule has 15 heavy (non-hydrogen) atoms. The van der Waals surface area contributed by atoms with Crippen molar-refractivity contribution in [2.75, 3.05) is 13.4 Å². The molecule has 4 nitrogen and oxygen atoms in total. The second-order valence-electron chi connectivity index (χ2n) is 2.74. The highest BCUT2D eigenvalue weighted by Crippen LogP contribution is 2.15. The summed E-state index contributed by atoms with van der Waals surface area (Å²) < 4.78 is 5.00. The maximum absolute atomic E-state index is 11.7. The first-order chi connectivity index (χ1) is 7.11. The maximum Gasteiger partial charge on any atom is 0.406 e. The third kappa shape index (κ3) is 2.54. The Hall–Kier alpha value is -0.940. The number of ether oxygens (including phenoxy) is 1. The number of aromatic nitrogens is 1. The molecule has 0 amide bonds. The SMILES string of the molecule is COC(=O)c1c(Cl)ccc(CSC)[n+]1[O-]. The molecular weight excluding hydrogens is 238 g/mol. The van der Waals surface area contributed by atoms with Gasteiger partial charge in [0.05, 0.1) is 12.9 Å². The van der Waals surface area contributed by atoms with Gasteiger partial charge in [-0.05, 0) is 12.3 Å². The van der Waals surface area contributed by atoms with E-state index in [1.807, 2.05) is 6.26 Å². The highest BCUT2D eigenvalue weighted by atomic mass is 35.5. The Bertz CT molecular complexity index is 384. The first kappa shape index (κ1) is 12.1. The van der Waals surface area contributed by atoms with Gasteiger partial charge in [-0.15, -0.1) is 0 Å². The Morgan fingerprint density at radius 2 is 2.33 bits per heavy atom. The summed E-state index contributed by atoms with van der Waals surface area (Å²) >= 11 is 7.23. The number of methoxy groups -OCH3 is 1. The van der Waals surface area contributed by atoms with E-state index in [-0.39, 0.29) is 10.7 Å². The number of pyridine rings is 1. The van der Waals surface area contributed by atoms with Crippen molar-refractivity contribution >= 4 is 29.3 Å². The average Bonchev–Trinajstić information content (AvgIpc) is 2.22. The third-order valence-electron chi connectivity index (χ3n) is 1.78. The molecule has 0 aliphatic carbocycles. The Morgan fingerprint density at radius 1 is 1.67 bits per heavy atom. The second kappa shape index (κ2) is 5.23. The molecule has 0 aliphatic rings. The molecule has 0 aliphatic heterocycles. The molecule has 0 atom stereocenters. The maximum atomic E-state index is 11.7. The lowest BCUT2D eigenvalue weighted by Crippen LogP contribution is -2.39. The van der Waals surface area contributed by atoms with Crippen LogP contribution in [0.3, 0.4) is 0 Å². The van der Waals surface area contributed by atoms with Crippen LogP contribution < -0.4 is 4.73 Å². The van der Waals surface area contributed by atoms with Crippen LogP contribution >= 0.6 is 23.4 Å². The Morgan fingerprint density at radius 3 is 2.87 bits per heavy atom. The predicted octanol–water partition coefficient (Wildman–Crippen LogP) is 1.62. The molecule has 1 aromatic heterocycles. The van der Waals surface area contributed by atoms with Gasteiger partial charge in [0, 0.05) is 6.07 Å². The molecule has 1 rings (SSSR count). The second-order valence-corrected chi connectivity index (χ2v) is 4.01. The summed E-state index contributed by atoms with van der Waals surface area (Å²) in [5.41, 5.74) is 0.318. The summed E-state index contributed by atoms with van der Waals surface area (Å²) in [5.74, 6) is -0.206. The van der Waals surface area contributed by atoms with E-state index in [9.17, 15) is 10.0 Å². The van der Waals surface area contributed by atoms with Crippen LogP contribution in [0.4, 0.5) is 0 Å². The van der Waals surface area contributed by atoms with Crippen molar-refractivity contribution < 1.29 is 14.3 Å². The number of rotatable bonds is 3. The largest absolute Gasteiger partial charge is 0.618 e. The van der Waals surface area contributed by atoms with Gasteiger partial charge in [0.15, 0.2) is 0 Å². The molecule has 0 spiro atoms. The van der Waals surface area contributed by atoms with E-state index < -0.39 is 5.97 Å². The van der Waals surface area contributed by atoms with E-state index in [4.69, 9.17) is 11.6 Å². The minimum Gasteiger partial charge on any atom is -0.618 e. The Kier molecular flexibility index (Phi) is 4.23. The monoisotopic (exact) mass is 247 g/mol. The number of nitrogens with zero attached hydrogens (tertiary/aromatic N) is 1. The van der Waals surface area contributed by atoms with Gasteiger partial charge in [-0.3, -0.25) is 0 Å². The minimum atomic E-state index is -0.724. The summed E-state index contributed by atoms with van der Waals surface area (Å²) in [6.45, 7) is 0. The average molecular weight is 248 g/mol. The molecule has 0 aromatic carbocycles. The Labute approximate surface area is 96.8 Å². The van der Waals surface area contributed by atoms with Crippen molar-refractivity contribution in [2.24, 2.45) is 0 Å². The van der Waals surface area contributed by atoms with Crippen LogP contribution in [0.5, 0.6) is 0 Å². The number of carbonyl (C=O) groups excluding carboxylic acids is 1. The van der Waals surface area contributed by atoms with Gasteiger partial charge in [0.25, 0.3) is 0 Å². The number of carbonyl (C=O) groups is 1. The summed E-state index contributed by atoms with van der Waals surface area (Å²) in [7, 11) is 1.21. The molecule has 1 heterocycles. The number of halogens is 1. The van der Waals surface area contributed by atoms with Crippen LogP contribution in [0, 0.1) is 5.21 Å². The highest BCUT2D eigenvalue weighted by Gasteiger charge is 2.24. The fourth-order valence-corrected chi connectivity index (χ4v) is 1.81. The van der Waals surface area contributed by atoms with Crippen molar-refractivity contribution in [3.63, 3.8) is 0 Å². The van der Waals surface area contributed by atoms with E-state index in [0.717, 1.165) is 0 Å². The molecule has 1 aromatic rings. The fourth-order valence-electron chi connectivity index (χ4n) is 1.09. The lowest BCUT2D eigenvalue weighted by atomic mass is 10.3. The van der Waals surface area contributed by atoms with E-state index in [1.165, 1.54) is 24.9 Å². The van der Waals surface area contributed by atoms with Crippen LogP contribution in [0.15, 0.2) is 12.1 Å². The smallest absolute Gasteiger partial charge is 0.406 e. The zero-order valence-corrected chi connectivity index (χ0v) is 9.89. The summed E-state index contributed by atoms with van der Waals surface area (Å²) in [6, 6.07) is 3.12. The van der Waals surface area contributed by atoms with Gasteiger partial charge in [-0.2, -0.15) is 16.5 Å². The summed E-state index contributed by atoms with van der Waals surface area (Å²) in [6.07, 6.45) is 1.87. The summed E-state index contributed by atoms with van der Waals surface area (Å²) in [5, 5.41) is 11.8. The first-order valence-electron chi connectivity index (χ1n) is 4.10. The Balaban J connectivity index is 3.23. The fraction of sp³-hybridized carbons (Fsp3) is 0.333. The molecule has 0 bridgehead atoms. The molecule has 0 saturated carbocycles. The van der Waals surface area contributed by atoms with Crippen LogP contribution in [-0.2, 0) is 10.5 Å². The zero-order chi connectivity index (χ0) is 11.4. The highest BCUT2D eigenvalue weighted by molar-refractivity contribution is 7.97. The molecule has 82 valence electrons. The molecule has 0 unspecified atom stereocenters. The molecule has 0 saturated heterocycles. The predicted molar refractivity (Wildman–Crippen MR) is 59.0 cm³/mol. The molecule has 6 heteroatoms. The van der Waals surface area contributed by atoms with Crippen LogP contribution in [0.25, 0.3) is 0 Å². The number of esters is 1. The molecule has 0 N–H and O–H groups in total. The van der Waals surface area contributed by atoms with Gasteiger partial charge in [0.2, 0.25) is 5.69 Å². The molecular formula is C9H10ClNO3S.